The lowest BCUT2D eigenvalue weighted by Gasteiger charge is -2.37. The smallest absolute Gasteiger partial charge is 0.181 e. The molecule has 1 aliphatic carbocycles. The number of anilines is 1. The number of hydrogen-bond donors (Lipinski definition) is 1. The van der Waals surface area contributed by atoms with Gasteiger partial charge >= 0.3 is 0 Å². The molecule has 4 rings (SSSR count). The summed E-state index contributed by atoms with van der Waals surface area (Å²) >= 11 is 0. The molecular formula is C19H21N5. The molecule has 5 nitrogen and oxygen atoms in total. The zero-order valence-corrected chi connectivity index (χ0v) is 13.6. The summed E-state index contributed by atoms with van der Waals surface area (Å²) in [6.45, 7) is 0. The second-order valence-corrected chi connectivity index (χ2v) is 6.38. The molecule has 0 bridgehead atoms. The quantitative estimate of drug-likeness (QED) is 0.791. The summed E-state index contributed by atoms with van der Waals surface area (Å²) in [6.07, 6.45) is 5.71. The van der Waals surface area contributed by atoms with E-state index in [4.69, 9.17) is 0 Å². The molecule has 1 heterocycles. The first-order chi connectivity index (χ1) is 11.9. The maximum absolute atomic E-state index is 4.42. The van der Waals surface area contributed by atoms with Crippen LogP contribution in [0.5, 0.6) is 0 Å². The third kappa shape index (κ3) is 2.77. The van der Waals surface area contributed by atoms with Crippen LogP contribution in [0, 0.1) is 0 Å². The Morgan fingerprint density at radius 3 is 2.21 bits per heavy atom. The molecule has 5 heteroatoms. The van der Waals surface area contributed by atoms with Crippen molar-refractivity contribution in [2.24, 2.45) is 0 Å². The third-order valence-electron chi connectivity index (χ3n) is 4.76. The van der Waals surface area contributed by atoms with E-state index in [0.29, 0.717) is 0 Å². The summed E-state index contributed by atoms with van der Waals surface area (Å²) < 4.78 is 1.88. The van der Waals surface area contributed by atoms with E-state index in [0.717, 1.165) is 30.0 Å². The molecule has 0 radical (unpaired) electrons. The van der Waals surface area contributed by atoms with Crippen molar-refractivity contribution in [3.05, 3.63) is 66.5 Å². The zero-order valence-electron chi connectivity index (χ0n) is 13.6. The van der Waals surface area contributed by atoms with Gasteiger partial charge in [-0.25, -0.2) is 0 Å². The van der Waals surface area contributed by atoms with Gasteiger partial charge in [-0.1, -0.05) is 55.7 Å². The van der Waals surface area contributed by atoms with Gasteiger partial charge in [0, 0.05) is 5.69 Å². The van der Waals surface area contributed by atoms with E-state index in [9.17, 15) is 0 Å². The van der Waals surface area contributed by atoms with Crippen LogP contribution < -0.4 is 5.32 Å². The Balaban J connectivity index is 1.77. The lowest BCUT2D eigenvalue weighted by molar-refractivity contribution is 0.309. The van der Waals surface area contributed by atoms with E-state index < -0.39 is 0 Å². The van der Waals surface area contributed by atoms with Crippen LogP contribution in [0.1, 0.15) is 37.9 Å². The summed E-state index contributed by atoms with van der Waals surface area (Å²) in [7, 11) is 0. The van der Waals surface area contributed by atoms with Crippen molar-refractivity contribution in [1.82, 2.24) is 20.2 Å². The van der Waals surface area contributed by atoms with Gasteiger partial charge in [-0.2, -0.15) is 4.68 Å². The monoisotopic (exact) mass is 319 g/mol. The molecule has 1 fully saturated rings. The Morgan fingerprint density at radius 2 is 1.50 bits per heavy atom. The molecule has 0 aliphatic heterocycles. The molecule has 122 valence electrons. The fourth-order valence-corrected chi connectivity index (χ4v) is 3.59. The molecule has 0 atom stereocenters. The number of nitrogens with one attached hydrogen (secondary N) is 1. The fraction of sp³-hybridized carbons (Fsp3) is 0.316. The second-order valence-electron chi connectivity index (χ2n) is 6.38. The highest BCUT2D eigenvalue weighted by molar-refractivity contribution is 5.47. The van der Waals surface area contributed by atoms with Gasteiger partial charge in [0.05, 0.1) is 11.2 Å². The minimum atomic E-state index is -0.223. The lowest BCUT2D eigenvalue weighted by Crippen LogP contribution is -2.40. The summed E-state index contributed by atoms with van der Waals surface area (Å²) in [5.41, 5.74) is 1.89. The van der Waals surface area contributed by atoms with Gasteiger partial charge in [0.15, 0.2) is 5.82 Å². The molecule has 0 spiro atoms. The Bertz CT molecular complexity index is 776. The maximum Gasteiger partial charge on any atom is 0.181 e. The molecule has 24 heavy (non-hydrogen) atoms. The highest BCUT2D eigenvalue weighted by Gasteiger charge is 2.39. The summed E-state index contributed by atoms with van der Waals surface area (Å²) in [5.74, 6) is 0.900. The first-order valence-corrected chi connectivity index (χ1v) is 8.55. The normalized spacial score (nSPS) is 16.7. The maximum atomic E-state index is 4.42. The molecule has 0 unspecified atom stereocenters. The first-order valence-electron chi connectivity index (χ1n) is 8.55. The number of tetrazole rings is 1. The van der Waals surface area contributed by atoms with Crippen LogP contribution >= 0.6 is 0 Å². The van der Waals surface area contributed by atoms with E-state index in [2.05, 4.69) is 45.1 Å². The molecule has 3 aromatic rings. The van der Waals surface area contributed by atoms with Crippen LogP contribution in [0.3, 0.4) is 0 Å². The van der Waals surface area contributed by atoms with Gasteiger partial charge in [-0.3, -0.25) is 0 Å². The summed E-state index contributed by atoms with van der Waals surface area (Å²) in [6, 6.07) is 20.5. The van der Waals surface area contributed by atoms with Gasteiger partial charge in [-0.05, 0) is 47.5 Å². The zero-order chi connectivity index (χ0) is 16.2. The van der Waals surface area contributed by atoms with Gasteiger partial charge in [-0.15, -0.1) is 5.10 Å². The van der Waals surface area contributed by atoms with Crippen LogP contribution in [-0.2, 0) is 5.54 Å². The van der Waals surface area contributed by atoms with Crippen molar-refractivity contribution in [3.8, 4) is 5.69 Å². The van der Waals surface area contributed by atoms with Gasteiger partial charge in [0.2, 0.25) is 0 Å². The second kappa shape index (κ2) is 6.43. The number of aromatic nitrogens is 4. The predicted molar refractivity (Wildman–Crippen MR) is 94.0 cm³/mol. The largest absolute Gasteiger partial charge is 0.373 e. The topological polar surface area (TPSA) is 55.6 Å². The molecule has 1 N–H and O–H groups in total. The van der Waals surface area contributed by atoms with E-state index in [-0.39, 0.29) is 5.54 Å². The van der Waals surface area contributed by atoms with Crippen molar-refractivity contribution >= 4 is 5.69 Å². The Hall–Kier alpha value is -2.69. The standard InChI is InChI=1S/C19H21N5/c1-4-10-16(11-5-1)20-19(14-8-3-9-15-19)18-21-22-23-24(18)17-12-6-2-7-13-17/h1-2,4-7,10-13,20H,3,8-9,14-15H2. The van der Waals surface area contributed by atoms with Crippen molar-refractivity contribution in [2.75, 3.05) is 5.32 Å². The average molecular weight is 319 g/mol. The minimum Gasteiger partial charge on any atom is -0.373 e. The number of hydrogen-bond acceptors (Lipinski definition) is 4. The van der Waals surface area contributed by atoms with Gasteiger partial charge in [0.1, 0.15) is 0 Å². The predicted octanol–water partition coefficient (Wildman–Crippen LogP) is 3.93. The third-order valence-corrected chi connectivity index (χ3v) is 4.76. The van der Waals surface area contributed by atoms with E-state index in [1.54, 1.807) is 0 Å². The molecule has 1 aromatic heterocycles. The van der Waals surface area contributed by atoms with Gasteiger partial charge in [0.25, 0.3) is 0 Å². The van der Waals surface area contributed by atoms with Crippen molar-refractivity contribution < 1.29 is 0 Å². The van der Waals surface area contributed by atoms with Crippen molar-refractivity contribution in [2.45, 2.75) is 37.6 Å². The Morgan fingerprint density at radius 1 is 0.833 bits per heavy atom. The molecule has 0 amide bonds. The summed E-state index contributed by atoms with van der Waals surface area (Å²) in [5, 5.41) is 16.4. The average Bonchev–Trinajstić information content (AvgIpc) is 3.15. The molecule has 2 aromatic carbocycles. The van der Waals surface area contributed by atoms with E-state index >= 15 is 0 Å². The lowest BCUT2D eigenvalue weighted by atomic mass is 9.80. The van der Waals surface area contributed by atoms with Crippen LogP contribution in [-0.4, -0.2) is 20.2 Å². The van der Waals surface area contributed by atoms with Crippen LogP contribution in [0.25, 0.3) is 5.69 Å². The number of rotatable bonds is 4. The fourth-order valence-electron chi connectivity index (χ4n) is 3.59. The number of para-hydroxylation sites is 2. The van der Waals surface area contributed by atoms with E-state index in [1.807, 2.05) is 41.1 Å². The molecule has 0 saturated heterocycles. The Kier molecular flexibility index (Phi) is 3.99. The number of benzene rings is 2. The summed E-state index contributed by atoms with van der Waals surface area (Å²) in [4.78, 5) is 0. The SMILES string of the molecule is c1ccc(NC2(c3nnnn3-c3ccccc3)CCCCC2)cc1. The van der Waals surface area contributed by atoms with Crippen molar-refractivity contribution in [3.63, 3.8) is 0 Å². The van der Waals surface area contributed by atoms with Crippen LogP contribution in [0.15, 0.2) is 60.7 Å². The van der Waals surface area contributed by atoms with Crippen LogP contribution in [0.4, 0.5) is 5.69 Å². The minimum absolute atomic E-state index is 0.223. The van der Waals surface area contributed by atoms with E-state index in [1.165, 1.54) is 19.3 Å². The number of nitrogens with zero attached hydrogens (tertiary/aromatic N) is 4. The molecule has 1 saturated carbocycles. The molecular weight excluding hydrogens is 298 g/mol. The van der Waals surface area contributed by atoms with Crippen LogP contribution in [0.2, 0.25) is 0 Å². The van der Waals surface area contributed by atoms with Gasteiger partial charge < -0.3 is 5.32 Å². The van der Waals surface area contributed by atoms with Crippen molar-refractivity contribution in [1.29, 1.82) is 0 Å². The Labute approximate surface area is 141 Å². The first kappa shape index (κ1) is 14.9. The highest BCUT2D eigenvalue weighted by atomic mass is 15.6. The molecule has 1 aliphatic rings. The highest BCUT2D eigenvalue weighted by Crippen LogP contribution is 2.39.